The molecule has 0 aromatic heterocycles. The molecule has 0 unspecified atom stereocenters. The SMILES string of the molecule is [CH]1[CH][CH][C](CN2CCOCCOCCN(C[C]3[CH][CH][CH][CH]3)CCOCCOCC2)[CH]1.[CH]1[CH][CH][C](CN2CCOCCOCCN(C[C]3[CH][CH][CH][CH]3)CCOCCOCC2)[CH]1.[Fe+2].[Fe+2]. The van der Waals surface area contributed by atoms with E-state index >= 15 is 0 Å². The van der Waals surface area contributed by atoms with Crippen molar-refractivity contribution in [2.75, 3.05) is 184 Å². The van der Waals surface area contributed by atoms with Crippen molar-refractivity contribution in [3.05, 3.63) is 126 Å². The average Bonchev–Trinajstić information content (AvgIpc) is 4.12. The molecule has 0 N–H and O–H groups in total. The minimum atomic E-state index is 0. The second kappa shape index (κ2) is 38.5. The first-order chi connectivity index (χ1) is 29.8. The summed E-state index contributed by atoms with van der Waals surface area (Å²) in [7, 11) is 0. The van der Waals surface area contributed by atoms with Crippen LogP contribution in [0.4, 0.5) is 0 Å². The predicted octanol–water partition coefficient (Wildman–Crippen LogP) is 2.96. The zero-order valence-electron chi connectivity index (χ0n) is 36.8. The first-order valence-electron chi connectivity index (χ1n) is 22.1. The van der Waals surface area contributed by atoms with Crippen molar-refractivity contribution in [2.45, 2.75) is 0 Å². The van der Waals surface area contributed by atoms with Crippen molar-refractivity contribution < 1.29 is 72.0 Å². The van der Waals surface area contributed by atoms with Gasteiger partial charge in [-0.05, 0) is 126 Å². The zero-order chi connectivity index (χ0) is 41.4. The molecular weight excluding hydrogens is 872 g/mol. The van der Waals surface area contributed by atoms with Gasteiger partial charge in [0.05, 0.1) is 106 Å². The van der Waals surface area contributed by atoms with E-state index in [-0.39, 0.29) is 34.1 Å². The van der Waals surface area contributed by atoms with Gasteiger partial charge in [-0.3, -0.25) is 19.6 Å². The molecule has 0 spiro atoms. The van der Waals surface area contributed by atoms with Crippen LogP contribution in [-0.2, 0) is 72.0 Å². The summed E-state index contributed by atoms with van der Waals surface area (Å²) in [6.07, 6.45) is 34.0. The topological polar surface area (TPSA) is 86.8 Å². The second-order valence-electron chi connectivity index (χ2n) is 15.2. The van der Waals surface area contributed by atoms with Gasteiger partial charge in [0.25, 0.3) is 0 Å². The Morgan fingerprint density at radius 1 is 0.242 bits per heavy atom. The smallest absolute Gasteiger partial charge is 0.378 e. The number of hydrogen-bond acceptors (Lipinski definition) is 12. The molecule has 0 bridgehead atoms. The standard InChI is InChI=1S/2C24H36N2O4.2Fe/c2*1-2-6-23(5-1)21-25-9-13-27-17-19-29-15-11-26(22-24-7-3-4-8-24)12-16-30-20-18-28-14-10-25;;/h2*1-8H,9-22H2;;/q;;2*+2. The zero-order valence-corrected chi connectivity index (χ0v) is 39.0. The monoisotopic (exact) mass is 944 g/mol. The van der Waals surface area contributed by atoms with Crippen LogP contribution < -0.4 is 0 Å². The van der Waals surface area contributed by atoms with E-state index in [1.807, 2.05) is 0 Å². The van der Waals surface area contributed by atoms with Crippen molar-refractivity contribution in [1.82, 2.24) is 19.6 Å². The fourth-order valence-electron chi connectivity index (χ4n) is 7.03. The van der Waals surface area contributed by atoms with Gasteiger partial charge in [0, 0.05) is 78.5 Å². The maximum absolute atomic E-state index is 5.80. The molecule has 4 saturated carbocycles. The van der Waals surface area contributed by atoms with E-state index in [1.54, 1.807) is 0 Å². The van der Waals surface area contributed by atoms with Gasteiger partial charge in [-0.15, -0.1) is 0 Å². The predicted molar refractivity (Wildman–Crippen MR) is 234 cm³/mol. The van der Waals surface area contributed by atoms with Gasteiger partial charge in [-0.2, -0.15) is 0 Å². The summed E-state index contributed by atoms with van der Waals surface area (Å²) in [6, 6.07) is 0. The third kappa shape index (κ3) is 27.4. The molecule has 14 heteroatoms. The van der Waals surface area contributed by atoms with E-state index < -0.39 is 0 Å². The van der Waals surface area contributed by atoms with Crippen LogP contribution in [-0.4, -0.2) is 204 Å². The number of rotatable bonds is 8. The Balaban J connectivity index is 0.000000320. The van der Waals surface area contributed by atoms with Gasteiger partial charge in [0.15, 0.2) is 0 Å². The van der Waals surface area contributed by atoms with E-state index in [4.69, 9.17) is 37.9 Å². The van der Waals surface area contributed by atoms with Crippen LogP contribution >= 0.6 is 0 Å². The Labute approximate surface area is 400 Å². The summed E-state index contributed by atoms with van der Waals surface area (Å²) in [5, 5.41) is 0. The Hall–Kier alpha value is 0.559. The number of ether oxygens (including phenoxy) is 8. The molecule has 344 valence electrons. The minimum Gasteiger partial charge on any atom is -0.378 e. The average molecular weight is 945 g/mol. The normalized spacial score (nSPS) is 26.3. The van der Waals surface area contributed by atoms with Crippen molar-refractivity contribution in [3.63, 3.8) is 0 Å². The Morgan fingerprint density at radius 3 is 0.532 bits per heavy atom. The van der Waals surface area contributed by atoms with Crippen molar-refractivity contribution >= 4 is 0 Å². The molecule has 62 heavy (non-hydrogen) atoms. The maximum Gasteiger partial charge on any atom is 2.00 e. The molecule has 12 nitrogen and oxygen atoms in total. The van der Waals surface area contributed by atoms with E-state index in [1.165, 1.54) is 23.7 Å². The van der Waals surface area contributed by atoms with Crippen LogP contribution in [0, 0.1) is 126 Å². The fourth-order valence-corrected chi connectivity index (χ4v) is 7.03. The maximum atomic E-state index is 5.80. The van der Waals surface area contributed by atoms with Crippen LogP contribution in [0.25, 0.3) is 0 Å². The van der Waals surface area contributed by atoms with Crippen molar-refractivity contribution in [3.8, 4) is 0 Å². The molecule has 6 aliphatic rings. The molecule has 0 atom stereocenters. The van der Waals surface area contributed by atoms with E-state index in [0.717, 1.165) is 78.5 Å². The Morgan fingerprint density at radius 2 is 0.387 bits per heavy atom. The summed E-state index contributed by atoms with van der Waals surface area (Å²) < 4.78 is 46.4. The van der Waals surface area contributed by atoms with Crippen LogP contribution in [0.3, 0.4) is 0 Å². The molecule has 2 saturated heterocycles. The molecule has 0 aromatic carbocycles. The molecule has 6 rings (SSSR count). The van der Waals surface area contributed by atoms with Crippen LogP contribution in [0.1, 0.15) is 0 Å². The fraction of sp³-hybridized carbons (Fsp3) is 0.583. The van der Waals surface area contributed by atoms with Gasteiger partial charge in [0.1, 0.15) is 0 Å². The molecule has 20 radical (unpaired) electrons. The second-order valence-corrected chi connectivity index (χ2v) is 15.2. The van der Waals surface area contributed by atoms with Crippen molar-refractivity contribution in [1.29, 1.82) is 0 Å². The first-order valence-corrected chi connectivity index (χ1v) is 22.1. The van der Waals surface area contributed by atoms with Gasteiger partial charge >= 0.3 is 34.1 Å². The summed E-state index contributed by atoms with van der Waals surface area (Å²) in [4.78, 5) is 9.51. The van der Waals surface area contributed by atoms with E-state index in [2.05, 4.69) is 122 Å². The van der Waals surface area contributed by atoms with Crippen LogP contribution in [0.5, 0.6) is 0 Å². The quantitative estimate of drug-likeness (QED) is 0.336. The molecule has 6 fully saturated rings. The summed E-state index contributed by atoms with van der Waals surface area (Å²) in [6.45, 7) is 21.5. The van der Waals surface area contributed by atoms with Crippen LogP contribution in [0.15, 0.2) is 0 Å². The first kappa shape index (κ1) is 56.9. The summed E-state index contributed by atoms with van der Waals surface area (Å²) in [5.74, 6) is 5.32. The van der Waals surface area contributed by atoms with Gasteiger partial charge in [-0.1, -0.05) is 0 Å². The van der Waals surface area contributed by atoms with Gasteiger partial charge in [0.2, 0.25) is 0 Å². The Kier molecular flexibility index (Phi) is 35.3. The summed E-state index contributed by atoms with van der Waals surface area (Å²) >= 11 is 0. The summed E-state index contributed by atoms with van der Waals surface area (Å²) in [5.41, 5.74) is 0. The third-order valence-electron chi connectivity index (χ3n) is 10.5. The molecule has 2 heterocycles. The molecule has 4 aliphatic carbocycles. The number of hydrogen-bond donors (Lipinski definition) is 0. The van der Waals surface area contributed by atoms with Gasteiger partial charge < -0.3 is 37.9 Å². The van der Waals surface area contributed by atoms with Gasteiger partial charge in [-0.25, -0.2) is 0 Å². The third-order valence-corrected chi connectivity index (χ3v) is 10.5. The van der Waals surface area contributed by atoms with E-state index in [0.29, 0.717) is 106 Å². The molecular formula is C48H72Fe2N4O8+4. The van der Waals surface area contributed by atoms with Crippen molar-refractivity contribution in [2.24, 2.45) is 0 Å². The minimum absolute atomic E-state index is 0. The van der Waals surface area contributed by atoms with E-state index in [9.17, 15) is 0 Å². The molecule has 0 aromatic rings. The number of nitrogens with zero attached hydrogens (tertiary/aromatic N) is 4. The molecule has 0 amide bonds. The largest absolute Gasteiger partial charge is 2.00 e. The van der Waals surface area contributed by atoms with Crippen LogP contribution in [0.2, 0.25) is 0 Å². The molecule has 2 aliphatic heterocycles. The Bertz CT molecular complexity index is 801.